The Kier molecular flexibility index (Phi) is 6.97. The lowest BCUT2D eigenvalue weighted by Gasteiger charge is -2.36. The van der Waals surface area contributed by atoms with Crippen LogP contribution in [0.4, 0.5) is 17.1 Å². The zero-order valence-corrected chi connectivity index (χ0v) is 31.4. The van der Waals surface area contributed by atoms with Gasteiger partial charge in [-0.15, -0.1) is 0 Å². The number of benzene rings is 9. The summed E-state index contributed by atoms with van der Waals surface area (Å²) in [6, 6.07) is 79.1. The molecule has 0 saturated heterocycles. The van der Waals surface area contributed by atoms with E-state index in [0.717, 1.165) is 23.5 Å². The van der Waals surface area contributed by atoms with Crippen molar-refractivity contribution >= 4 is 17.1 Å². The Balaban J connectivity index is 1.19. The minimum absolute atomic E-state index is 0.554. The van der Waals surface area contributed by atoms with E-state index in [1.54, 1.807) is 0 Å². The van der Waals surface area contributed by atoms with Gasteiger partial charge in [-0.05, 0) is 120 Å². The third-order valence-corrected chi connectivity index (χ3v) is 12.7. The van der Waals surface area contributed by atoms with Crippen molar-refractivity contribution in [3.8, 4) is 55.6 Å². The molecule has 1 nitrogen and oxygen atoms in total. The van der Waals surface area contributed by atoms with Crippen LogP contribution in [0.1, 0.15) is 33.4 Å². The topological polar surface area (TPSA) is 3.24 Å². The van der Waals surface area contributed by atoms with E-state index in [9.17, 15) is 0 Å². The standard InChI is InChI=1S/C56H37N/c1-3-17-37(18-4-1)42-22-13-16-30-53(42)57(40-20-5-2-6-21-40)41-32-34-51-48(36-41)45-25-10-9-24-44(45)46-26-11-14-28-49(46)56(51)50-29-15-12-27-47(50)55-52(56)33-31-39-35-38-19-7-8-23-43(38)54(39)55/h1-34,36H,35H2. The number of nitrogens with zero attached hydrogens (tertiary/aromatic N) is 1. The largest absolute Gasteiger partial charge is 0.310 e. The Morgan fingerprint density at radius 1 is 0.316 bits per heavy atom. The molecule has 9 aromatic rings. The fourth-order valence-corrected chi connectivity index (χ4v) is 10.5. The first-order valence-corrected chi connectivity index (χ1v) is 20.0. The molecular weight excluding hydrogens is 687 g/mol. The van der Waals surface area contributed by atoms with Crippen molar-refractivity contribution in [3.63, 3.8) is 0 Å². The summed E-state index contributed by atoms with van der Waals surface area (Å²) in [7, 11) is 0. The summed E-state index contributed by atoms with van der Waals surface area (Å²) in [5.74, 6) is 0. The van der Waals surface area contributed by atoms with Crippen LogP contribution in [0.3, 0.4) is 0 Å². The van der Waals surface area contributed by atoms with Crippen molar-refractivity contribution in [3.05, 3.63) is 246 Å². The third-order valence-electron chi connectivity index (χ3n) is 12.7. The highest BCUT2D eigenvalue weighted by Gasteiger charge is 2.51. The maximum atomic E-state index is 2.47. The fourth-order valence-electron chi connectivity index (χ4n) is 10.5. The molecule has 1 spiro atoms. The highest BCUT2D eigenvalue weighted by Crippen LogP contribution is 2.64. The average molecular weight is 724 g/mol. The van der Waals surface area contributed by atoms with Gasteiger partial charge in [-0.25, -0.2) is 0 Å². The Bertz CT molecular complexity index is 3050. The number of fused-ring (bicyclic) bond motifs is 16. The van der Waals surface area contributed by atoms with Crippen molar-refractivity contribution < 1.29 is 0 Å². The molecule has 57 heavy (non-hydrogen) atoms. The molecule has 3 aliphatic rings. The quantitative estimate of drug-likeness (QED) is 0.175. The summed E-state index contributed by atoms with van der Waals surface area (Å²) >= 11 is 0. The summed E-state index contributed by atoms with van der Waals surface area (Å²) in [5, 5.41) is 0. The zero-order valence-electron chi connectivity index (χ0n) is 31.4. The van der Waals surface area contributed by atoms with Crippen LogP contribution >= 0.6 is 0 Å². The van der Waals surface area contributed by atoms with Gasteiger partial charge < -0.3 is 4.90 Å². The Morgan fingerprint density at radius 3 is 1.63 bits per heavy atom. The van der Waals surface area contributed by atoms with Gasteiger partial charge in [-0.3, -0.25) is 0 Å². The average Bonchev–Trinajstić information content (AvgIpc) is 3.78. The van der Waals surface area contributed by atoms with Crippen LogP contribution in [-0.2, 0) is 11.8 Å². The normalized spacial score (nSPS) is 15.0. The Hall–Kier alpha value is -7.22. The lowest BCUT2D eigenvalue weighted by Crippen LogP contribution is -2.29. The number of hydrogen-bond donors (Lipinski definition) is 0. The van der Waals surface area contributed by atoms with Crippen LogP contribution < -0.4 is 4.90 Å². The summed E-state index contributed by atoms with van der Waals surface area (Å²) in [5.41, 5.74) is 23.9. The van der Waals surface area contributed by atoms with Gasteiger partial charge in [0.05, 0.1) is 11.1 Å². The molecule has 1 unspecified atom stereocenters. The smallest absolute Gasteiger partial charge is 0.0725 e. The molecule has 266 valence electrons. The summed E-state index contributed by atoms with van der Waals surface area (Å²) in [4.78, 5) is 2.44. The van der Waals surface area contributed by atoms with Gasteiger partial charge in [0.15, 0.2) is 0 Å². The van der Waals surface area contributed by atoms with Gasteiger partial charge in [0.1, 0.15) is 0 Å². The molecule has 0 radical (unpaired) electrons. The van der Waals surface area contributed by atoms with Crippen molar-refractivity contribution in [2.24, 2.45) is 0 Å². The lowest BCUT2D eigenvalue weighted by atomic mass is 9.65. The molecule has 0 saturated carbocycles. The van der Waals surface area contributed by atoms with Gasteiger partial charge in [-0.1, -0.05) is 182 Å². The molecule has 0 amide bonds. The van der Waals surface area contributed by atoms with E-state index in [2.05, 4.69) is 217 Å². The van der Waals surface area contributed by atoms with Crippen molar-refractivity contribution in [1.82, 2.24) is 0 Å². The van der Waals surface area contributed by atoms with Gasteiger partial charge in [-0.2, -0.15) is 0 Å². The fraction of sp³-hybridized carbons (Fsp3) is 0.0357. The molecule has 0 aromatic heterocycles. The zero-order chi connectivity index (χ0) is 37.5. The van der Waals surface area contributed by atoms with Crippen molar-refractivity contribution in [1.29, 1.82) is 0 Å². The molecule has 1 atom stereocenters. The number of hydrogen-bond acceptors (Lipinski definition) is 1. The van der Waals surface area contributed by atoms with E-state index in [-0.39, 0.29) is 0 Å². The Morgan fingerprint density at radius 2 is 0.860 bits per heavy atom. The monoisotopic (exact) mass is 723 g/mol. The predicted molar refractivity (Wildman–Crippen MR) is 237 cm³/mol. The SMILES string of the molecule is c1ccc(-c2ccccc2N(c2ccccc2)c2ccc3c(c2)-c2ccccc2-c2ccccc2C32c3ccccc3-c3c2ccc2c3-c3ccccc3C2)cc1. The predicted octanol–water partition coefficient (Wildman–Crippen LogP) is 14.4. The van der Waals surface area contributed by atoms with E-state index in [0.29, 0.717) is 0 Å². The second kappa shape index (κ2) is 12.4. The maximum absolute atomic E-state index is 2.47. The van der Waals surface area contributed by atoms with Gasteiger partial charge in [0.25, 0.3) is 0 Å². The van der Waals surface area contributed by atoms with E-state index in [4.69, 9.17) is 0 Å². The van der Waals surface area contributed by atoms with E-state index < -0.39 is 5.41 Å². The minimum Gasteiger partial charge on any atom is -0.310 e. The molecule has 0 heterocycles. The second-order valence-corrected chi connectivity index (χ2v) is 15.5. The minimum atomic E-state index is -0.554. The number of rotatable bonds is 4. The third kappa shape index (κ3) is 4.51. The molecule has 12 rings (SSSR count). The first kappa shape index (κ1) is 32.1. The van der Waals surface area contributed by atoms with Gasteiger partial charge >= 0.3 is 0 Å². The van der Waals surface area contributed by atoms with E-state index >= 15 is 0 Å². The van der Waals surface area contributed by atoms with Crippen molar-refractivity contribution in [2.75, 3.05) is 4.90 Å². The highest BCUT2D eigenvalue weighted by atomic mass is 15.1. The van der Waals surface area contributed by atoms with E-state index in [1.165, 1.54) is 89.0 Å². The van der Waals surface area contributed by atoms with E-state index in [1.807, 2.05) is 0 Å². The molecule has 0 aliphatic heterocycles. The molecule has 0 N–H and O–H groups in total. The number of para-hydroxylation sites is 2. The molecule has 0 fully saturated rings. The van der Waals surface area contributed by atoms with Crippen LogP contribution in [0.25, 0.3) is 55.6 Å². The Labute approximate surface area is 333 Å². The molecule has 9 aromatic carbocycles. The summed E-state index contributed by atoms with van der Waals surface area (Å²) in [6.07, 6.45) is 0.968. The van der Waals surface area contributed by atoms with Crippen LogP contribution in [-0.4, -0.2) is 0 Å². The molecule has 1 heteroatoms. The van der Waals surface area contributed by atoms with Gasteiger partial charge in [0.2, 0.25) is 0 Å². The summed E-state index contributed by atoms with van der Waals surface area (Å²) < 4.78 is 0. The number of anilines is 3. The molecule has 3 aliphatic carbocycles. The molecule has 0 bridgehead atoms. The second-order valence-electron chi connectivity index (χ2n) is 15.5. The molecular formula is C56H37N. The summed E-state index contributed by atoms with van der Waals surface area (Å²) in [6.45, 7) is 0. The highest BCUT2D eigenvalue weighted by molar-refractivity contribution is 6.03. The van der Waals surface area contributed by atoms with Gasteiger partial charge in [0, 0.05) is 16.9 Å². The van der Waals surface area contributed by atoms with Crippen LogP contribution in [0.2, 0.25) is 0 Å². The van der Waals surface area contributed by atoms with Crippen molar-refractivity contribution in [2.45, 2.75) is 11.8 Å². The maximum Gasteiger partial charge on any atom is 0.0725 e. The van der Waals surface area contributed by atoms with Crippen LogP contribution in [0, 0.1) is 0 Å². The van der Waals surface area contributed by atoms with Crippen LogP contribution in [0.5, 0.6) is 0 Å². The first-order valence-electron chi connectivity index (χ1n) is 20.0. The first-order chi connectivity index (χ1) is 28.3. The van der Waals surface area contributed by atoms with Crippen LogP contribution in [0.15, 0.2) is 212 Å². The lowest BCUT2D eigenvalue weighted by molar-refractivity contribution is 0.775.